The van der Waals surface area contributed by atoms with Gasteiger partial charge in [0.2, 0.25) is 11.8 Å². The maximum absolute atomic E-state index is 12.4. The molecule has 2 rings (SSSR count). The van der Waals surface area contributed by atoms with E-state index in [0.29, 0.717) is 4.90 Å². The Morgan fingerprint density at radius 1 is 1.40 bits per heavy atom. The molecule has 1 heterocycles. The molecule has 136 valence electrons. The summed E-state index contributed by atoms with van der Waals surface area (Å²) in [5, 5.41) is 2.57. The molecule has 2 amide bonds. The van der Waals surface area contributed by atoms with Crippen molar-refractivity contribution in [2.24, 2.45) is 5.92 Å². The summed E-state index contributed by atoms with van der Waals surface area (Å²) in [7, 11) is 1.19. The lowest BCUT2D eigenvalue weighted by Gasteiger charge is -2.18. The summed E-state index contributed by atoms with van der Waals surface area (Å²) in [6, 6.07) is 4.06. The lowest BCUT2D eigenvalue weighted by Crippen LogP contribution is -2.36. The summed E-state index contributed by atoms with van der Waals surface area (Å²) in [5.41, 5.74) is 0.250. The number of amides is 2. The zero-order valence-corrected chi connectivity index (χ0v) is 13.8. The number of nitrogens with zero attached hydrogens (tertiary/aromatic N) is 1. The SMILES string of the molecule is COC(=O)c1ccc(Cl)c(NC(=O)C2CC(=O)N(CC(F)(F)F)C2)c1. The number of alkyl halides is 3. The first-order valence-corrected chi connectivity index (χ1v) is 7.52. The van der Waals surface area contributed by atoms with Crippen molar-refractivity contribution < 1.29 is 32.3 Å². The monoisotopic (exact) mass is 378 g/mol. The van der Waals surface area contributed by atoms with Crippen molar-refractivity contribution in [3.05, 3.63) is 28.8 Å². The van der Waals surface area contributed by atoms with E-state index in [1.807, 2.05) is 0 Å². The van der Waals surface area contributed by atoms with E-state index in [9.17, 15) is 27.6 Å². The summed E-state index contributed by atoms with van der Waals surface area (Å²) in [5.74, 6) is -2.97. The highest BCUT2D eigenvalue weighted by Gasteiger charge is 2.40. The second kappa shape index (κ2) is 7.30. The molecule has 0 aromatic heterocycles. The third-order valence-corrected chi connectivity index (χ3v) is 3.93. The zero-order chi connectivity index (χ0) is 18.8. The van der Waals surface area contributed by atoms with Crippen molar-refractivity contribution in [3.63, 3.8) is 0 Å². The zero-order valence-electron chi connectivity index (χ0n) is 13.0. The van der Waals surface area contributed by atoms with Crippen LogP contribution in [0.2, 0.25) is 5.02 Å². The van der Waals surface area contributed by atoms with Crippen molar-refractivity contribution in [2.45, 2.75) is 12.6 Å². The van der Waals surface area contributed by atoms with E-state index in [4.69, 9.17) is 11.6 Å². The molecule has 1 N–H and O–H groups in total. The van der Waals surface area contributed by atoms with Gasteiger partial charge in [-0.05, 0) is 18.2 Å². The van der Waals surface area contributed by atoms with E-state index in [2.05, 4.69) is 10.1 Å². The van der Waals surface area contributed by atoms with Crippen LogP contribution in [0.1, 0.15) is 16.8 Å². The maximum atomic E-state index is 12.4. The van der Waals surface area contributed by atoms with Crippen molar-refractivity contribution in [2.75, 3.05) is 25.5 Å². The highest BCUT2D eigenvalue weighted by Crippen LogP contribution is 2.27. The molecule has 0 spiro atoms. The predicted octanol–water partition coefficient (Wildman–Crippen LogP) is 2.48. The normalized spacial score (nSPS) is 17.6. The number of anilines is 1. The highest BCUT2D eigenvalue weighted by atomic mass is 35.5. The number of rotatable bonds is 4. The molecular weight excluding hydrogens is 365 g/mol. The number of benzene rings is 1. The Balaban J connectivity index is 2.08. The molecule has 0 radical (unpaired) electrons. The molecule has 1 fully saturated rings. The number of carbonyl (C=O) groups is 3. The van der Waals surface area contributed by atoms with Gasteiger partial charge in [-0.15, -0.1) is 0 Å². The molecule has 1 unspecified atom stereocenters. The lowest BCUT2D eigenvalue weighted by molar-refractivity contribution is -0.157. The number of nitrogens with one attached hydrogen (secondary N) is 1. The average molecular weight is 379 g/mol. The number of methoxy groups -OCH3 is 1. The van der Waals surface area contributed by atoms with Crippen molar-refractivity contribution in [3.8, 4) is 0 Å². The fraction of sp³-hybridized carbons (Fsp3) is 0.400. The molecule has 1 saturated heterocycles. The highest BCUT2D eigenvalue weighted by molar-refractivity contribution is 6.33. The van der Waals surface area contributed by atoms with E-state index >= 15 is 0 Å². The molecule has 1 aliphatic rings. The fourth-order valence-electron chi connectivity index (χ4n) is 2.42. The van der Waals surface area contributed by atoms with Crippen LogP contribution in [-0.4, -0.2) is 49.1 Å². The van der Waals surface area contributed by atoms with Gasteiger partial charge in [0.1, 0.15) is 6.54 Å². The average Bonchev–Trinajstić information content (AvgIpc) is 2.88. The number of likely N-dealkylation sites (tertiary alicyclic amines) is 1. The molecule has 0 bridgehead atoms. The third-order valence-electron chi connectivity index (χ3n) is 3.60. The number of hydrogen-bond donors (Lipinski definition) is 1. The molecule has 6 nitrogen and oxygen atoms in total. The van der Waals surface area contributed by atoms with Gasteiger partial charge >= 0.3 is 12.1 Å². The summed E-state index contributed by atoms with van der Waals surface area (Å²) in [6.45, 7) is -1.73. The van der Waals surface area contributed by atoms with Gasteiger partial charge in [0, 0.05) is 13.0 Å². The summed E-state index contributed by atoms with van der Waals surface area (Å²) in [4.78, 5) is 36.0. The molecule has 1 aromatic rings. The topological polar surface area (TPSA) is 75.7 Å². The summed E-state index contributed by atoms with van der Waals surface area (Å²) in [6.07, 6.45) is -4.85. The van der Waals surface area contributed by atoms with E-state index in [-0.39, 0.29) is 29.2 Å². The summed E-state index contributed by atoms with van der Waals surface area (Å²) < 4.78 is 41.8. The second-order valence-corrected chi connectivity index (χ2v) is 5.87. The molecule has 10 heteroatoms. The van der Waals surface area contributed by atoms with Gasteiger partial charge in [-0.2, -0.15) is 13.2 Å². The van der Waals surface area contributed by atoms with Crippen LogP contribution in [0.15, 0.2) is 18.2 Å². The smallest absolute Gasteiger partial charge is 0.406 e. The Hall–Kier alpha value is -2.29. The molecule has 0 aliphatic carbocycles. The van der Waals surface area contributed by atoms with Crippen LogP contribution in [0.3, 0.4) is 0 Å². The van der Waals surface area contributed by atoms with E-state index in [1.165, 1.54) is 25.3 Å². The number of halogens is 4. The number of esters is 1. The van der Waals surface area contributed by atoms with Gasteiger partial charge in [-0.3, -0.25) is 9.59 Å². The molecule has 1 aromatic carbocycles. The Morgan fingerprint density at radius 3 is 2.68 bits per heavy atom. The van der Waals surface area contributed by atoms with E-state index in [0.717, 1.165) is 0 Å². The van der Waals surface area contributed by atoms with Crippen LogP contribution < -0.4 is 5.32 Å². The fourth-order valence-corrected chi connectivity index (χ4v) is 2.58. The van der Waals surface area contributed by atoms with Gasteiger partial charge in [0.15, 0.2) is 0 Å². The Bertz CT molecular complexity index is 709. The minimum absolute atomic E-state index is 0.108. The Morgan fingerprint density at radius 2 is 2.08 bits per heavy atom. The van der Waals surface area contributed by atoms with Crippen LogP contribution >= 0.6 is 11.6 Å². The number of ether oxygens (including phenoxy) is 1. The van der Waals surface area contributed by atoms with Gasteiger partial charge in [0.05, 0.1) is 29.3 Å². The largest absolute Gasteiger partial charge is 0.465 e. The first-order valence-electron chi connectivity index (χ1n) is 7.14. The third kappa shape index (κ3) is 4.85. The van der Waals surface area contributed by atoms with Crippen LogP contribution in [0.25, 0.3) is 0 Å². The number of hydrogen-bond acceptors (Lipinski definition) is 4. The van der Waals surface area contributed by atoms with E-state index < -0.39 is 36.4 Å². The molecule has 0 saturated carbocycles. The van der Waals surface area contributed by atoms with Crippen LogP contribution in [0.4, 0.5) is 18.9 Å². The minimum atomic E-state index is -4.53. The van der Waals surface area contributed by atoms with Gasteiger partial charge in [-0.25, -0.2) is 4.79 Å². The number of carbonyl (C=O) groups excluding carboxylic acids is 3. The Kier molecular flexibility index (Phi) is 5.56. The summed E-state index contributed by atoms with van der Waals surface area (Å²) >= 11 is 5.95. The van der Waals surface area contributed by atoms with Gasteiger partial charge in [-0.1, -0.05) is 11.6 Å². The first kappa shape index (κ1) is 19.0. The standard InChI is InChI=1S/C15H14ClF3N2O4/c1-25-14(24)8-2-3-10(16)11(4-8)20-13(23)9-5-12(22)21(6-9)7-15(17,18)19/h2-4,9H,5-7H2,1H3,(H,20,23). The quantitative estimate of drug-likeness (QED) is 0.817. The second-order valence-electron chi connectivity index (χ2n) is 5.47. The van der Waals surface area contributed by atoms with Crippen molar-refractivity contribution >= 4 is 35.1 Å². The van der Waals surface area contributed by atoms with Crippen molar-refractivity contribution in [1.29, 1.82) is 0 Å². The van der Waals surface area contributed by atoms with Crippen LogP contribution in [0.5, 0.6) is 0 Å². The van der Waals surface area contributed by atoms with E-state index in [1.54, 1.807) is 0 Å². The Labute approximate surface area is 145 Å². The maximum Gasteiger partial charge on any atom is 0.406 e. The molecular formula is C15H14ClF3N2O4. The van der Waals surface area contributed by atoms with Gasteiger partial charge < -0.3 is 15.0 Å². The van der Waals surface area contributed by atoms with Crippen molar-refractivity contribution in [1.82, 2.24) is 4.90 Å². The lowest BCUT2D eigenvalue weighted by atomic mass is 10.1. The minimum Gasteiger partial charge on any atom is -0.465 e. The van der Waals surface area contributed by atoms with Crippen LogP contribution in [-0.2, 0) is 14.3 Å². The molecule has 1 aliphatic heterocycles. The molecule has 25 heavy (non-hydrogen) atoms. The van der Waals surface area contributed by atoms with Gasteiger partial charge in [0.25, 0.3) is 0 Å². The molecule has 1 atom stereocenters. The van der Waals surface area contributed by atoms with Crippen LogP contribution in [0, 0.1) is 5.92 Å². The first-order chi connectivity index (χ1) is 11.6. The predicted molar refractivity (Wildman–Crippen MR) is 82.2 cm³/mol.